The number of nitrogens with one attached hydrogen (secondary N) is 1. The molecule has 0 unspecified atom stereocenters. The Bertz CT molecular complexity index is 489. The van der Waals surface area contributed by atoms with E-state index in [0.29, 0.717) is 5.92 Å². The fourth-order valence-electron chi connectivity index (χ4n) is 3.54. The molecule has 2 aliphatic carbocycles. The van der Waals surface area contributed by atoms with E-state index >= 15 is 0 Å². The molecule has 0 aromatic heterocycles. The van der Waals surface area contributed by atoms with Crippen molar-refractivity contribution < 1.29 is 4.79 Å². The maximum absolute atomic E-state index is 11.4. The molecule has 1 N–H and O–H groups in total. The van der Waals surface area contributed by atoms with Crippen molar-refractivity contribution in [3.05, 3.63) is 41.5 Å². The van der Waals surface area contributed by atoms with E-state index in [9.17, 15) is 4.79 Å². The topological polar surface area (TPSA) is 29.1 Å². The third kappa shape index (κ3) is 1.96. The van der Waals surface area contributed by atoms with Crippen LogP contribution in [0.15, 0.2) is 35.9 Å². The van der Waals surface area contributed by atoms with E-state index in [2.05, 4.69) is 29.6 Å². The second-order valence-electron chi connectivity index (χ2n) is 5.38. The molecule has 0 radical (unpaired) electrons. The summed E-state index contributed by atoms with van der Waals surface area (Å²) in [6.07, 6.45) is 4.91. The van der Waals surface area contributed by atoms with E-state index < -0.39 is 0 Å². The predicted octanol–water partition coefficient (Wildman–Crippen LogP) is 3.15. The lowest BCUT2D eigenvalue weighted by atomic mass is 9.98. The summed E-state index contributed by atoms with van der Waals surface area (Å²) in [6, 6.07) is 10.8. The summed E-state index contributed by atoms with van der Waals surface area (Å²) in [5.41, 5.74) is 4.28. The third-order valence-electron chi connectivity index (χ3n) is 4.17. The number of carbonyl (C=O) groups is 1. The van der Waals surface area contributed by atoms with Crippen molar-refractivity contribution in [3.8, 4) is 0 Å². The largest absolute Gasteiger partial charge is 0.350 e. The Morgan fingerprint density at radius 3 is 2.78 bits per heavy atom. The first kappa shape index (κ1) is 11.5. The van der Waals surface area contributed by atoms with Crippen LogP contribution in [-0.2, 0) is 4.79 Å². The van der Waals surface area contributed by atoms with Crippen LogP contribution in [0.4, 0.5) is 0 Å². The standard InChI is InChI=1S/C16H19NO/c1-11(18)17-15-10-13-8-5-9-14(13)16(15)12-6-3-2-4-7-12/h2-4,6-7,13,15H,5,8-10H2,1H3,(H,17,18)/t13-,15-/m0/s1. The van der Waals surface area contributed by atoms with E-state index in [-0.39, 0.29) is 11.9 Å². The van der Waals surface area contributed by atoms with Crippen LogP contribution in [0.1, 0.15) is 38.2 Å². The van der Waals surface area contributed by atoms with Crippen molar-refractivity contribution in [2.75, 3.05) is 0 Å². The van der Waals surface area contributed by atoms with Crippen LogP contribution >= 0.6 is 0 Å². The van der Waals surface area contributed by atoms with Gasteiger partial charge in [-0.25, -0.2) is 0 Å². The predicted molar refractivity (Wildman–Crippen MR) is 72.9 cm³/mol. The van der Waals surface area contributed by atoms with Crippen LogP contribution in [0.3, 0.4) is 0 Å². The molecule has 2 nitrogen and oxygen atoms in total. The number of rotatable bonds is 2. The Kier molecular flexibility index (Phi) is 2.94. The van der Waals surface area contributed by atoms with Crippen LogP contribution in [-0.4, -0.2) is 11.9 Å². The average molecular weight is 241 g/mol. The van der Waals surface area contributed by atoms with Gasteiger partial charge in [0.1, 0.15) is 0 Å². The molecule has 1 amide bonds. The first-order valence-corrected chi connectivity index (χ1v) is 6.81. The van der Waals surface area contributed by atoms with Gasteiger partial charge < -0.3 is 5.32 Å². The molecule has 2 atom stereocenters. The fourth-order valence-corrected chi connectivity index (χ4v) is 3.54. The van der Waals surface area contributed by atoms with E-state index in [0.717, 1.165) is 6.42 Å². The van der Waals surface area contributed by atoms with Gasteiger partial charge in [0.25, 0.3) is 0 Å². The number of allylic oxidation sites excluding steroid dienone is 1. The van der Waals surface area contributed by atoms with Gasteiger partial charge in [0, 0.05) is 6.92 Å². The van der Waals surface area contributed by atoms with Gasteiger partial charge in [-0.05, 0) is 42.7 Å². The van der Waals surface area contributed by atoms with Gasteiger partial charge in [-0.1, -0.05) is 35.9 Å². The van der Waals surface area contributed by atoms with Gasteiger partial charge in [0.15, 0.2) is 0 Å². The fraction of sp³-hybridized carbons (Fsp3) is 0.438. The molecule has 1 fully saturated rings. The molecule has 1 saturated carbocycles. The summed E-state index contributed by atoms with van der Waals surface area (Å²) in [5, 5.41) is 3.12. The van der Waals surface area contributed by atoms with E-state index in [4.69, 9.17) is 0 Å². The van der Waals surface area contributed by atoms with Crippen molar-refractivity contribution in [2.45, 2.75) is 38.6 Å². The summed E-state index contributed by atoms with van der Waals surface area (Å²) >= 11 is 0. The lowest BCUT2D eigenvalue weighted by Crippen LogP contribution is -2.32. The number of fused-ring (bicyclic) bond motifs is 1. The number of amides is 1. The molecule has 18 heavy (non-hydrogen) atoms. The normalized spacial score (nSPS) is 26.3. The molecular formula is C16H19NO. The lowest BCUT2D eigenvalue weighted by Gasteiger charge is -2.17. The molecule has 2 aliphatic rings. The molecule has 3 rings (SSSR count). The summed E-state index contributed by atoms with van der Waals surface area (Å²) in [5.74, 6) is 0.783. The summed E-state index contributed by atoms with van der Waals surface area (Å²) < 4.78 is 0. The number of hydrogen-bond donors (Lipinski definition) is 1. The molecule has 0 saturated heterocycles. The molecule has 1 aromatic rings. The quantitative estimate of drug-likeness (QED) is 0.846. The minimum absolute atomic E-state index is 0.0778. The highest BCUT2D eigenvalue weighted by Crippen LogP contribution is 2.47. The van der Waals surface area contributed by atoms with Crippen LogP contribution in [0.25, 0.3) is 5.57 Å². The second-order valence-corrected chi connectivity index (χ2v) is 5.38. The lowest BCUT2D eigenvalue weighted by molar-refractivity contribution is -0.119. The van der Waals surface area contributed by atoms with Gasteiger partial charge in [-0.15, -0.1) is 0 Å². The van der Waals surface area contributed by atoms with Gasteiger partial charge >= 0.3 is 0 Å². The van der Waals surface area contributed by atoms with Crippen molar-refractivity contribution in [1.29, 1.82) is 0 Å². The highest BCUT2D eigenvalue weighted by molar-refractivity contribution is 5.81. The van der Waals surface area contributed by atoms with Crippen molar-refractivity contribution in [2.24, 2.45) is 5.92 Å². The van der Waals surface area contributed by atoms with Crippen LogP contribution in [0.5, 0.6) is 0 Å². The van der Waals surface area contributed by atoms with Crippen molar-refractivity contribution >= 4 is 11.5 Å². The average Bonchev–Trinajstić information content (AvgIpc) is 2.89. The molecule has 1 aromatic carbocycles. The Labute approximate surface area is 108 Å². The van der Waals surface area contributed by atoms with Gasteiger partial charge in [0.05, 0.1) is 6.04 Å². The van der Waals surface area contributed by atoms with E-state index in [1.54, 1.807) is 12.5 Å². The molecule has 0 bridgehead atoms. The zero-order valence-electron chi connectivity index (χ0n) is 10.8. The zero-order chi connectivity index (χ0) is 12.5. The van der Waals surface area contributed by atoms with Crippen molar-refractivity contribution in [1.82, 2.24) is 5.32 Å². The highest BCUT2D eigenvalue weighted by Gasteiger charge is 2.36. The Morgan fingerprint density at radius 2 is 2.06 bits per heavy atom. The Hall–Kier alpha value is -1.57. The van der Waals surface area contributed by atoms with Gasteiger partial charge in [-0.2, -0.15) is 0 Å². The van der Waals surface area contributed by atoms with E-state index in [1.807, 2.05) is 6.07 Å². The third-order valence-corrected chi connectivity index (χ3v) is 4.17. The van der Waals surface area contributed by atoms with Crippen molar-refractivity contribution in [3.63, 3.8) is 0 Å². The molecule has 0 aliphatic heterocycles. The van der Waals surface area contributed by atoms with Gasteiger partial charge in [-0.3, -0.25) is 4.79 Å². The van der Waals surface area contributed by atoms with Crippen LogP contribution < -0.4 is 5.32 Å². The van der Waals surface area contributed by atoms with E-state index in [1.165, 1.54) is 30.4 Å². The Balaban J connectivity index is 1.99. The first-order valence-electron chi connectivity index (χ1n) is 6.81. The van der Waals surface area contributed by atoms with Crippen LogP contribution in [0.2, 0.25) is 0 Å². The summed E-state index contributed by atoms with van der Waals surface area (Å²) in [7, 11) is 0. The second kappa shape index (κ2) is 4.60. The maximum atomic E-state index is 11.4. The Morgan fingerprint density at radius 1 is 1.28 bits per heavy atom. The van der Waals surface area contributed by atoms with Crippen LogP contribution in [0, 0.1) is 5.92 Å². The number of hydrogen-bond acceptors (Lipinski definition) is 1. The molecule has 94 valence electrons. The summed E-state index contributed by atoms with van der Waals surface area (Å²) in [6.45, 7) is 1.61. The molecule has 0 spiro atoms. The molecular weight excluding hydrogens is 222 g/mol. The van der Waals surface area contributed by atoms with Gasteiger partial charge in [0.2, 0.25) is 5.91 Å². The maximum Gasteiger partial charge on any atom is 0.217 e. The summed E-state index contributed by atoms with van der Waals surface area (Å²) in [4.78, 5) is 11.4. The molecule has 2 heteroatoms. The zero-order valence-corrected chi connectivity index (χ0v) is 10.8. The first-order chi connectivity index (χ1) is 8.75. The minimum atomic E-state index is 0.0778. The SMILES string of the molecule is CC(=O)N[C@H]1C[C@@H]2CCCC2=C1c1ccccc1. The monoisotopic (exact) mass is 241 g/mol. The smallest absolute Gasteiger partial charge is 0.217 e. The molecule has 0 heterocycles. The minimum Gasteiger partial charge on any atom is -0.350 e. The highest BCUT2D eigenvalue weighted by atomic mass is 16.1. The number of carbonyl (C=O) groups excluding carboxylic acids is 1. The number of benzene rings is 1.